The molecule has 0 aromatic carbocycles. The van der Waals surface area contributed by atoms with E-state index in [0.29, 0.717) is 11.0 Å². The molecule has 4 nitrogen and oxygen atoms in total. The van der Waals surface area contributed by atoms with Crippen molar-refractivity contribution in [1.29, 1.82) is 0 Å². The lowest BCUT2D eigenvalue weighted by Gasteiger charge is -2.17. The Kier molecular flexibility index (Phi) is 3.41. The Hall–Kier alpha value is -1.20. The first kappa shape index (κ1) is 12.8. The average molecular weight is 276 g/mol. The van der Waals surface area contributed by atoms with Gasteiger partial charge in [-0.25, -0.2) is 4.98 Å². The molecule has 2 heterocycles. The summed E-state index contributed by atoms with van der Waals surface area (Å²) < 4.78 is 0. The van der Waals surface area contributed by atoms with E-state index in [9.17, 15) is 0 Å². The fourth-order valence-electron chi connectivity index (χ4n) is 2.77. The molecule has 0 spiro atoms. The van der Waals surface area contributed by atoms with Crippen molar-refractivity contribution < 1.29 is 0 Å². The monoisotopic (exact) mass is 276 g/mol. The van der Waals surface area contributed by atoms with E-state index in [4.69, 9.17) is 18.0 Å². The van der Waals surface area contributed by atoms with Crippen LogP contribution in [-0.2, 0) is 0 Å². The molecule has 0 bridgehead atoms. The second kappa shape index (κ2) is 5.06. The van der Waals surface area contributed by atoms with Crippen LogP contribution in [0.2, 0.25) is 0 Å². The molecule has 3 rings (SSSR count). The lowest BCUT2D eigenvalue weighted by atomic mass is 10.2. The highest BCUT2D eigenvalue weighted by atomic mass is 32.1. The molecule has 102 valence electrons. The first-order valence-electron chi connectivity index (χ1n) is 6.91. The van der Waals surface area contributed by atoms with Crippen LogP contribution in [0.3, 0.4) is 0 Å². The topological polar surface area (TPSA) is 54.2 Å². The fourth-order valence-corrected chi connectivity index (χ4v) is 2.89. The van der Waals surface area contributed by atoms with E-state index in [2.05, 4.69) is 15.2 Å². The Bertz CT molecular complexity index is 498. The largest absolute Gasteiger partial charge is 0.389 e. The maximum Gasteiger partial charge on any atom is 0.127 e. The molecule has 3 N–H and O–H groups in total. The Balaban J connectivity index is 1.67. The molecule has 19 heavy (non-hydrogen) atoms. The van der Waals surface area contributed by atoms with Crippen molar-refractivity contribution in [2.75, 3.05) is 18.4 Å². The van der Waals surface area contributed by atoms with Gasteiger partial charge in [0, 0.05) is 36.4 Å². The van der Waals surface area contributed by atoms with Crippen molar-refractivity contribution in [2.24, 2.45) is 5.73 Å². The van der Waals surface area contributed by atoms with Crippen molar-refractivity contribution in [3.8, 4) is 0 Å². The molecule has 1 unspecified atom stereocenters. The van der Waals surface area contributed by atoms with Gasteiger partial charge < -0.3 is 11.1 Å². The quantitative estimate of drug-likeness (QED) is 0.819. The molecular formula is C14H20N4S. The highest BCUT2D eigenvalue weighted by Gasteiger charge is 2.34. The maximum atomic E-state index is 5.70. The van der Waals surface area contributed by atoms with Crippen molar-refractivity contribution in [2.45, 2.75) is 38.3 Å². The van der Waals surface area contributed by atoms with Crippen molar-refractivity contribution in [3.63, 3.8) is 0 Å². The third kappa shape index (κ3) is 3.04. The Morgan fingerprint density at radius 1 is 1.42 bits per heavy atom. The van der Waals surface area contributed by atoms with Crippen LogP contribution in [0.5, 0.6) is 0 Å². The van der Waals surface area contributed by atoms with Crippen molar-refractivity contribution >= 4 is 23.0 Å². The van der Waals surface area contributed by atoms with Crippen LogP contribution in [0.25, 0.3) is 0 Å². The zero-order valence-electron chi connectivity index (χ0n) is 11.2. The van der Waals surface area contributed by atoms with Crippen molar-refractivity contribution in [3.05, 3.63) is 23.4 Å². The summed E-state index contributed by atoms with van der Waals surface area (Å²) >= 11 is 5.04. The molecule has 1 saturated carbocycles. The number of likely N-dealkylation sites (tertiary alicyclic amines) is 1. The van der Waals surface area contributed by atoms with E-state index < -0.39 is 0 Å². The van der Waals surface area contributed by atoms with Gasteiger partial charge in [0.1, 0.15) is 10.8 Å². The number of nitrogens with two attached hydrogens (primary N) is 1. The summed E-state index contributed by atoms with van der Waals surface area (Å²) in [6, 6.07) is 5.23. The third-order valence-corrected chi connectivity index (χ3v) is 4.11. The minimum Gasteiger partial charge on any atom is -0.389 e. The summed E-state index contributed by atoms with van der Waals surface area (Å²) in [7, 11) is 0. The maximum absolute atomic E-state index is 5.70. The molecule has 1 aromatic heterocycles. The third-order valence-electron chi connectivity index (χ3n) is 3.87. The lowest BCUT2D eigenvalue weighted by molar-refractivity contribution is 0.326. The molecule has 1 aliphatic carbocycles. The van der Waals surface area contributed by atoms with Crippen LogP contribution >= 0.6 is 12.2 Å². The zero-order valence-corrected chi connectivity index (χ0v) is 12.0. The highest BCUT2D eigenvalue weighted by molar-refractivity contribution is 7.80. The van der Waals surface area contributed by atoms with E-state index >= 15 is 0 Å². The van der Waals surface area contributed by atoms with E-state index in [-0.39, 0.29) is 0 Å². The van der Waals surface area contributed by atoms with Gasteiger partial charge in [0.2, 0.25) is 0 Å². The number of pyridine rings is 1. The number of aromatic nitrogens is 1. The number of anilines is 1. The molecule has 0 amide bonds. The summed E-state index contributed by atoms with van der Waals surface area (Å²) in [6.07, 6.45) is 3.94. The standard InChI is InChI=1S/C14H20N4S/c1-9-6-10(14(15)19)7-13(16-9)17-11-4-5-18(8-11)12-2-3-12/h6-7,11-12H,2-5,8H2,1H3,(H2,15,19)(H,16,17). The number of nitrogens with zero attached hydrogens (tertiary/aromatic N) is 2. The summed E-state index contributed by atoms with van der Waals surface area (Å²) in [4.78, 5) is 7.54. The fraction of sp³-hybridized carbons (Fsp3) is 0.571. The molecule has 5 heteroatoms. The highest BCUT2D eigenvalue weighted by Crippen LogP contribution is 2.30. The second-order valence-corrected chi connectivity index (χ2v) is 6.04. The summed E-state index contributed by atoms with van der Waals surface area (Å²) in [5.41, 5.74) is 7.54. The number of aryl methyl sites for hydroxylation is 1. The van der Waals surface area contributed by atoms with E-state index in [1.807, 2.05) is 19.1 Å². The van der Waals surface area contributed by atoms with Gasteiger partial charge in [-0.05, 0) is 38.3 Å². The first-order valence-corrected chi connectivity index (χ1v) is 7.32. The van der Waals surface area contributed by atoms with Gasteiger partial charge in [-0.3, -0.25) is 4.90 Å². The van der Waals surface area contributed by atoms with Crippen molar-refractivity contribution in [1.82, 2.24) is 9.88 Å². The molecule has 2 aliphatic rings. The van der Waals surface area contributed by atoms with E-state index in [1.165, 1.54) is 25.8 Å². The number of thiocarbonyl (C=S) groups is 1. The minimum atomic E-state index is 0.430. The first-order chi connectivity index (χ1) is 9.11. The molecule has 1 atom stereocenters. The smallest absolute Gasteiger partial charge is 0.127 e. The SMILES string of the molecule is Cc1cc(C(N)=S)cc(NC2CCN(C3CC3)C2)n1. The summed E-state index contributed by atoms with van der Waals surface area (Å²) in [5.74, 6) is 0.894. The molecule has 0 radical (unpaired) electrons. The minimum absolute atomic E-state index is 0.430. The predicted octanol–water partition coefficient (Wildman–Crippen LogP) is 1.67. The van der Waals surface area contributed by atoms with E-state index in [0.717, 1.165) is 29.7 Å². The molecular weight excluding hydrogens is 256 g/mol. The molecule has 2 fully saturated rings. The number of nitrogens with one attached hydrogen (secondary N) is 1. The van der Waals surface area contributed by atoms with Crippen LogP contribution in [0.15, 0.2) is 12.1 Å². The molecule has 1 aliphatic heterocycles. The van der Waals surface area contributed by atoms with Crippen LogP contribution in [0.4, 0.5) is 5.82 Å². The summed E-state index contributed by atoms with van der Waals surface area (Å²) in [5, 5.41) is 3.52. The number of rotatable bonds is 4. The van der Waals surface area contributed by atoms with Gasteiger partial charge >= 0.3 is 0 Å². The number of hydrogen-bond acceptors (Lipinski definition) is 4. The predicted molar refractivity (Wildman–Crippen MR) is 81.5 cm³/mol. The Morgan fingerprint density at radius 2 is 2.21 bits per heavy atom. The molecule has 1 saturated heterocycles. The second-order valence-electron chi connectivity index (χ2n) is 5.60. The van der Waals surface area contributed by atoms with Gasteiger partial charge in [0.05, 0.1) is 0 Å². The normalized spacial score (nSPS) is 23.5. The average Bonchev–Trinajstić information content (AvgIpc) is 3.10. The van der Waals surface area contributed by atoms with Crippen LogP contribution in [-0.4, -0.2) is 40.0 Å². The number of hydrogen-bond donors (Lipinski definition) is 2. The van der Waals surface area contributed by atoms with Crippen LogP contribution in [0, 0.1) is 6.92 Å². The Labute approximate surface area is 119 Å². The lowest BCUT2D eigenvalue weighted by Crippen LogP contribution is -2.28. The summed E-state index contributed by atoms with van der Waals surface area (Å²) in [6.45, 7) is 4.30. The zero-order chi connectivity index (χ0) is 13.4. The Morgan fingerprint density at radius 3 is 2.89 bits per heavy atom. The van der Waals surface area contributed by atoms with Gasteiger partial charge in [-0.1, -0.05) is 12.2 Å². The van der Waals surface area contributed by atoms with Crippen LogP contribution in [0.1, 0.15) is 30.5 Å². The van der Waals surface area contributed by atoms with Gasteiger partial charge in [0.15, 0.2) is 0 Å². The van der Waals surface area contributed by atoms with Gasteiger partial charge in [0.25, 0.3) is 0 Å². The van der Waals surface area contributed by atoms with Crippen LogP contribution < -0.4 is 11.1 Å². The van der Waals surface area contributed by atoms with Gasteiger partial charge in [-0.15, -0.1) is 0 Å². The molecule has 1 aromatic rings. The van der Waals surface area contributed by atoms with Gasteiger partial charge in [-0.2, -0.15) is 0 Å². The van der Waals surface area contributed by atoms with E-state index in [1.54, 1.807) is 0 Å².